The number of carbonyl (C=O) groups is 1. The lowest BCUT2D eigenvalue weighted by Gasteiger charge is -2.24. The van der Waals surface area contributed by atoms with Crippen LogP contribution in [0, 0.1) is 12.7 Å². The van der Waals surface area contributed by atoms with Crippen molar-refractivity contribution in [3.63, 3.8) is 0 Å². The minimum Gasteiger partial charge on any atom is -0.494 e. The molecular weight excluding hydrogens is 441 g/mol. The van der Waals surface area contributed by atoms with Crippen molar-refractivity contribution in [3.8, 4) is 16.9 Å². The van der Waals surface area contributed by atoms with Gasteiger partial charge in [0.2, 0.25) is 0 Å². The molecule has 0 bridgehead atoms. The van der Waals surface area contributed by atoms with Gasteiger partial charge in [0.1, 0.15) is 5.60 Å². The van der Waals surface area contributed by atoms with Crippen molar-refractivity contribution in [2.45, 2.75) is 45.9 Å². The fourth-order valence-corrected chi connectivity index (χ4v) is 3.57. The minimum absolute atomic E-state index is 0.0000738. The highest BCUT2D eigenvalue weighted by Gasteiger charge is 2.24. The molecule has 180 valence electrons. The predicted octanol–water partition coefficient (Wildman–Crippen LogP) is 3.93. The van der Waals surface area contributed by atoms with E-state index in [-0.39, 0.29) is 29.1 Å². The zero-order valence-corrected chi connectivity index (χ0v) is 19.8. The van der Waals surface area contributed by atoms with Crippen LogP contribution in [0.15, 0.2) is 58.1 Å². The fraction of sp³-hybridized carbons (Fsp3) is 0.320. The van der Waals surface area contributed by atoms with E-state index in [2.05, 4.69) is 10.3 Å². The second-order valence-corrected chi connectivity index (χ2v) is 8.78. The number of hydrogen-bond donors (Lipinski definition) is 2. The van der Waals surface area contributed by atoms with Crippen molar-refractivity contribution in [3.05, 3.63) is 86.4 Å². The van der Waals surface area contributed by atoms with Crippen molar-refractivity contribution < 1.29 is 18.7 Å². The third-order valence-electron chi connectivity index (χ3n) is 5.08. The SMILES string of the molecule is COc1cccc(-c2c(C)[nH]c(=O)n(C[C@H](NC(=O)OC(C)(C)C)c3ccccc3)c2=O)c1F. The first-order valence-corrected chi connectivity index (χ1v) is 10.7. The van der Waals surface area contributed by atoms with Gasteiger partial charge in [0.05, 0.1) is 25.3 Å². The Labute approximate surface area is 196 Å². The first-order valence-electron chi connectivity index (χ1n) is 10.7. The summed E-state index contributed by atoms with van der Waals surface area (Å²) in [5, 5.41) is 2.73. The van der Waals surface area contributed by atoms with E-state index in [9.17, 15) is 18.8 Å². The summed E-state index contributed by atoms with van der Waals surface area (Å²) >= 11 is 0. The van der Waals surface area contributed by atoms with Gasteiger partial charge in [0, 0.05) is 11.3 Å². The monoisotopic (exact) mass is 469 g/mol. The van der Waals surface area contributed by atoms with Crippen LogP contribution < -0.4 is 21.3 Å². The molecule has 0 saturated carbocycles. The Kier molecular flexibility index (Phi) is 7.24. The predicted molar refractivity (Wildman–Crippen MR) is 127 cm³/mol. The molecule has 3 rings (SSSR count). The Bertz CT molecular complexity index is 1290. The van der Waals surface area contributed by atoms with Crippen LogP contribution in [0.25, 0.3) is 11.1 Å². The van der Waals surface area contributed by atoms with Gasteiger partial charge in [-0.1, -0.05) is 42.5 Å². The Balaban J connectivity index is 2.09. The second-order valence-electron chi connectivity index (χ2n) is 8.78. The summed E-state index contributed by atoms with van der Waals surface area (Å²) in [7, 11) is 1.33. The Morgan fingerprint density at radius 2 is 1.79 bits per heavy atom. The van der Waals surface area contributed by atoms with Gasteiger partial charge in [-0.15, -0.1) is 0 Å². The first-order chi connectivity index (χ1) is 16.0. The largest absolute Gasteiger partial charge is 0.494 e. The third-order valence-corrected chi connectivity index (χ3v) is 5.08. The Morgan fingerprint density at radius 1 is 1.12 bits per heavy atom. The highest BCUT2D eigenvalue weighted by atomic mass is 19.1. The van der Waals surface area contributed by atoms with E-state index in [1.807, 2.05) is 6.07 Å². The van der Waals surface area contributed by atoms with E-state index in [0.717, 1.165) is 4.57 Å². The number of halogens is 1. The number of carbonyl (C=O) groups excluding carboxylic acids is 1. The lowest BCUT2D eigenvalue weighted by molar-refractivity contribution is 0.0498. The number of aromatic nitrogens is 2. The van der Waals surface area contributed by atoms with Crippen molar-refractivity contribution in [2.75, 3.05) is 7.11 Å². The summed E-state index contributed by atoms with van der Waals surface area (Å²) in [6.45, 7) is 6.52. The lowest BCUT2D eigenvalue weighted by atomic mass is 10.0. The van der Waals surface area contributed by atoms with E-state index in [0.29, 0.717) is 5.56 Å². The number of nitrogens with one attached hydrogen (secondary N) is 2. The number of ether oxygens (including phenoxy) is 2. The molecule has 2 aromatic carbocycles. The number of aromatic amines is 1. The molecule has 1 amide bonds. The molecule has 1 aromatic heterocycles. The van der Waals surface area contributed by atoms with Crippen LogP contribution in [0.5, 0.6) is 5.75 Å². The zero-order valence-electron chi connectivity index (χ0n) is 19.8. The normalized spacial score (nSPS) is 12.2. The Hall–Kier alpha value is -3.88. The minimum atomic E-state index is -0.763. The van der Waals surface area contributed by atoms with E-state index in [1.54, 1.807) is 51.1 Å². The molecule has 0 unspecified atom stereocenters. The number of rotatable bonds is 6. The summed E-state index contributed by atoms with van der Waals surface area (Å²) in [5.74, 6) is -0.738. The fourth-order valence-electron chi connectivity index (χ4n) is 3.57. The molecule has 1 heterocycles. The van der Waals surface area contributed by atoms with Gasteiger partial charge in [-0.25, -0.2) is 14.0 Å². The number of alkyl carbamates (subject to hydrolysis) is 1. The first kappa shape index (κ1) is 24.8. The van der Waals surface area contributed by atoms with Crippen LogP contribution >= 0.6 is 0 Å². The van der Waals surface area contributed by atoms with Crippen LogP contribution in [0.2, 0.25) is 0 Å². The van der Waals surface area contributed by atoms with Crippen LogP contribution in [0.4, 0.5) is 9.18 Å². The molecule has 0 fully saturated rings. The number of amides is 1. The molecule has 8 nitrogen and oxygen atoms in total. The molecule has 0 spiro atoms. The van der Waals surface area contributed by atoms with E-state index in [1.165, 1.54) is 26.2 Å². The van der Waals surface area contributed by atoms with Gasteiger partial charge in [0.25, 0.3) is 5.56 Å². The van der Waals surface area contributed by atoms with Crippen LogP contribution in [-0.2, 0) is 11.3 Å². The Morgan fingerprint density at radius 3 is 2.41 bits per heavy atom. The van der Waals surface area contributed by atoms with E-state index < -0.39 is 34.8 Å². The molecule has 1 atom stereocenters. The quantitative estimate of drug-likeness (QED) is 0.570. The average Bonchev–Trinajstić information content (AvgIpc) is 2.76. The number of H-pyrrole nitrogens is 1. The lowest BCUT2D eigenvalue weighted by Crippen LogP contribution is -2.43. The third kappa shape index (κ3) is 5.54. The maximum Gasteiger partial charge on any atom is 0.408 e. The van der Waals surface area contributed by atoms with Gasteiger partial charge in [-0.3, -0.25) is 9.36 Å². The molecule has 34 heavy (non-hydrogen) atoms. The molecular formula is C25H28FN3O5. The number of methoxy groups -OCH3 is 1. The summed E-state index contributed by atoms with van der Waals surface area (Å²) in [6, 6.07) is 12.6. The smallest absolute Gasteiger partial charge is 0.408 e. The molecule has 0 radical (unpaired) electrons. The highest BCUT2D eigenvalue weighted by molar-refractivity contribution is 5.69. The highest BCUT2D eigenvalue weighted by Crippen LogP contribution is 2.28. The molecule has 9 heteroatoms. The van der Waals surface area contributed by atoms with Crippen molar-refractivity contribution in [1.29, 1.82) is 0 Å². The van der Waals surface area contributed by atoms with Crippen molar-refractivity contribution in [2.24, 2.45) is 0 Å². The number of nitrogens with zero attached hydrogens (tertiary/aromatic N) is 1. The van der Waals surface area contributed by atoms with Crippen LogP contribution in [0.1, 0.15) is 38.1 Å². The van der Waals surface area contributed by atoms with Gasteiger partial charge < -0.3 is 19.8 Å². The van der Waals surface area contributed by atoms with Gasteiger partial charge in [-0.05, 0) is 39.3 Å². The molecule has 0 saturated heterocycles. The summed E-state index contributed by atoms with van der Waals surface area (Å²) in [5.41, 5.74) is -1.23. The average molecular weight is 470 g/mol. The number of hydrogen-bond acceptors (Lipinski definition) is 5. The van der Waals surface area contributed by atoms with E-state index in [4.69, 9.17) is 9.47 Å². The van der Waals surface area contributed by atoms with E-state index >= 15 is 0 Å². The summed E-state index contributed by atoms with van der Waals surface area (Å²) in [6.07, 6.45) is -0.697. The number of aryl methyl sites for hydroxylation is 1. The summed E-state index contributed by atoms with van der Waals surface area (Å²) < 4.78 is 26.3. The van der Waals surface area contributed by atoms with Crippen molar-refractivity contribution >= 4 is 6.09 Å². The molecule has 0 aliphatic carbocycles. The van der Waals surface area contributed by atoms with Gasteiger partial charge >= 0.3 is 11.8 Å². The molecule has 3 aromatic rings. The van der Waals surface area contributed by atoms with Gasteiger partial charge in [-0.2, -0.15) is 0 Å². The molecule has 0 aliphatic heterocycles. The maximum absolute atomic E-state index is 15.0. The van der Waals surface area contributed by atoms with Crippen LogP contribution in [-0.4, -0.2) is 28.4 Å². The second kappa shape index (κ2) is 9.94. The zero-order chi connectivity index (χ0) is 25.0. The summed E-state index contributed by atoms with van der Waals surface area (Å²) in [4.78, 5) is 41.3. The topological polar surface area (TPSA) is 102 Å². The molecule has 2 N–H and O–H groups in total. The number of benzene rings is 2. The standard InChI is InChI=1S/C25H28FN3O5/c1-15-20(17-12-9-13-19(33-5)21(17)26)22(30)29(23(31)27-15)14-18(16-10-7-6-8-11-16)28-24(32)34-25(2,3)4/h6-13,18H,14H2,1-5H3,(H,27,31)(H,28,32)/t18-/m0/s1. The van der Waals surface area contributed by atoms with Gasteiger partial charge in [0.15, 0.2) is 11.6 Å². The molecule has 0 aliphatic rings. The van der Waals surface area contributed by atoms with Crippen molar-refractivity contribution in [1.82, 2.24) is 14.9 Å². The maximum atomic E-state index is 15.0. The van der Waals surface area contributed by atoms with Crippen LogP contribution in [0.3, 0.4) is 0 Å².